The molecule has 2 aromatic rings. The van der Waals surface area contributed by atoms with Crippen LogP contribution in [0.5, 0.6) is 0 Å². The molecule has 0 bridgehead atoms. The molecule has 152 valence electrons. The fraction of sp³-hybridized carbons (Fsp3) is 0.435. The third-order valence-corrected chi connectivity index (χ3v) is 5.26. The fourth-order valence-electron chi connectivity index (χ4n) is 3.52. The van der Waals surface area contributed by atoms with E-state index in [-0.39, 0.29) is 24.0 Å². The van der Waals surface area contributed by atoms with Crippen molar-refractivity contribution < 1.29 is 0 Å². The lowest BCUT2D eigenvalue weighted by Crippen LogP contribution is -2.38. The molecule has 28 heavy (non-hydrogen) atoms. The van der Waals surface area contributed by atoms with E-state index in [0.29, 0.717) is 5.92 Å². The minimum Gasteiger partial charge on any atom is -0.356 e. The number of likely N-dealkylation sites (tertiary alicyclic amines) is 1. The van der Waals surface area contributed by atoms with Crippen molar-refractivity contribution in [1.82, 2.24) is 15.5 Å². The number of hydrogen-bond acceptors (Lipinski definition) is 2. The Morgan fingerprint density at radius 2 is 1.61 bits per heavy atom. The quantitative estimate of drug-likeness (QED) is 0.343. The lowest BCUT2D eigenvalue weighted by Gasteiger charge is -2.17. The highest BCUT2D eigenvalue weighted by atomic mass is 127. The molecule has 1 saturated heterocycles. The highest BCUT2D eigenvalue weighted by molar-refractivity contribution is 14.0. The molecular weight excluding hydrogens is 459 g/mol. The van der Waals surface area contributed by atoms with Crippen molar-refractivity contribution in [3.05, 3.63) is 71.3 Å². The summed E-state index contributed by atoms with van der Waals surface area (Å²) in [7, 11) is 1.82. The Hall–Kier alpha value is -1.60. The van der Waals surface area contributed by atoms with E-state index in [2.05, 4.69) is 82.0 Å². The van der Waals surface area contributed by atoms with Crippen LogP contribution in [0.3, 0.4) is 0 Å². The number of aliphatic imine (C=N–C) groups is 1. The maximum Gasteiger partial charge on any atom is 0.191 e. The Morgan fingerprint density at radius 1 is 0.964 bits per heavy atom. The largest absolute Gasteiger partial charge is 0.356 e. The van der Waals surface area contributed by atoms with Crippen molar-refractivity contribution in [3.8, 4) is 0 Å². The molecule has 2 aromatic carbocycles. The van der Waals surface area contributed by atoms with Gasteiger partial charge in [0, 0.05) is 26.7 Å². The van der Waals surface area contributed by atoms with Crippen LogP contribution in [0.1, 0.15) is 42.4 Å². The van der Waals surface area contributed by atoms with E-state index in [0.717, 1.165) is 25.6 Å². The average molecular weight is 492 g/mol. The normalized spacial score (nSPS) is 15.7. The third-order valence-electron chi connectivity index (χ3n) is 5.26. The van der Waals surface area contributed by atoms with Gasteiger partial charge >= 0.3 is 0 Å². The van der Waals surface area contributed by atoms with Crippen LogP contribution in [0.15, 0.2) is 59.6 Å². The van der Waals surface area contributed by atoms with Crippen LogP contribution in [0.4, 0.5) is 0 Å². The minimum absolute atomic E-state index is 0. The Labute approximate surface area is 186 Å². The molecule has 1 aliphatic rings. The molecule has 1 heterocycles. The summed E-state index contributed by atoms with van der Waals surface area (Å²) in [6, 6.07) is 19.5. The molecule has 0 aliphatic carbocycles. The van der Waals surface area contributed by atoms with Crippen molar-refractivity contribution in [2.24, 2.45) is 4.99 Å². The lowest BCUT2D eigenvalue weighted by molar-refractivity contribution is 0.331. The van der Waals surface area contributed by atoms with Crippen LogP contribution >= 0.6 is 24.0 Å². The van der Waals surface area contributed by atoms with Gasteiger partial charge in [0.1, 0.15) is 0 Å². The zero-order chi connectivity index (χ0) is 18.9. The molecule has 0 amide bonds. The zero-order valence-corrected chi connectivity index (χ0v) is 19.4. The van der Waals surface area contributed by atoms with Crippen LogP contribution < -0.4 is 10.6 Å². The number of nitrogens with one attached hydrogen (secondary N) is 2. The van der Waals surface area contributed by atoms with Crippen molar-refractivity contribution in [3.63, 3.8) is 0 Å². The second kappa shape index (κ2) is 12.1. The molecule has 2 N–H and O–H groups in total. The predicted molar refractivity (Wildman–Crippen MR) is 129 cm³/mol. The van der Waals surface area contributed by atoms with Gasteiger partial charge in [0.05, 0.1) is 0 Å². The SMILES string of the molecule is CN=C(NCc1ccc(CN2CCCC2)cc1)NCC(C)c1ccccc1.I. The van der Waals surface area contributed by atoms with Gasteiger partial charge in [-0.1, -0.05) is 61.5 Å². The van der Waals surface area contributed by atoms with E-state index in [1.807, 2.05) is 7.05 Å². The lowest BCUT2D eigenvalue weighted by atomic mass is 10.0. The van der Waals surface area contributed by atoms with Gasteiger partial charge < -0.3 is 10.6 Å². The van der Waals surface area contributed by atoms with Crippen molar-refractivity contribution in [2.45, 2.75) is 38.8 Å². The first-order valence-electron chi connectivity index (χ1n) is 10.0. The van der Waals surface area contributed by atoms with E-state index < -0.39 is 0 Å². The molecule has 1 atom stereocenters. The van der Waals surface area contributed by atoms with Gasteiger partial charge in [-0.25, -0.2) is 0 Å². The average Bonchev–Trinajstić information content (AvgIpc) is 3.23. The fourth-order valence-corrected chi connectivity index (χ4v) is 3.52. The van der Waals surface area contributed by atoms with E-state index in [9.17, 15) is 0 Å². The maximum atomic E-state index is 4.34. The van der Waals surface area contributed by atoms with Gasteiger partial charge in [-0.05, 0) is 48.5 Å². The maximum absolute atomic E-state index is 4.34. The number of nitrogens with zero attached hydrogens (tertiary/aromatic N) is 2. The summed E-state index contributed by atoms with van der Waals surface area (Å²) in [5.41, 5.74) is 4.02. The van der Waals surface area contributed by atoms with E-state index in [4.69, 9.17) is 0 Å². The van der Waals surface area contributed by atoms with Crippen LogP contribution in [-0.4, -0.2) is 37.5 Å². The van der Waals surface area contributed by atoms with Gasteiger partial charge in [0.2, 0.25) is 0 Å². The molecule has 3 rings (SSSR count). The predicted octanol–water partition coefficient (Wildman–Crippen LogP) is 4.37. The minimum atomic E-state index is 0. The standard InChI is InChI=1S/C23H32N4.HI/c1-19(22-8-4-3-5-9-22)16-25-23(24-2)26-17-20-10-12-21(13-11-20)18-27-14-6-7-15-27;/h3-5,8-13,19H,6-7,14-18H2,1-2H3,(H2,24,25,26);1H. The number of guanidine groups is 1. The summed E-state index contributed by atoms with van der Waals surface area (Å²) in [4.78, 5) is 6.88. The summed E-state index contributed by atoms with van der Waals surface area (Å²) < 4.78 is 0. The van der Waals surface area contributed by atoms with Gasteiger partial charge in [0.15, 0.2) is 5.96 Å². The molecule has 5 heteroatoms. The molecular formula is C23H33IN4. The van der Waals surface area contributed by atoms with E-state index >= 15 is 0 Å². The first kappa shape index (κ1) is 22.7. The summed E-state index contributed by atoms with van der Waals surface area (Å²) in [5, 5.41) is 6.84. The molecule has 0 spiro atoms. The number of rotatable bonds is 7. The van der Waals surface area contributed by atoms with Crippen molar-refractivity contribution in [1.29, 1.82) is 0 Å². The van der Waals surface area contributed by atoms with Crippen LogP contribution in [0.2, 0.25) is 0 Å². The topological polar surface area (TPSA) is 39.7 Å². The van der Waals surface area contributed by atoms with Gasteiger partial charge in [0.25, 0.3) is 0 Å². The smallest absolute Gasteiger partial charge is 0.191 e. The van der Waals surface area contributed by atoms with E-state index in [1.54, 1.807) is 0 Å². The molecule has 1 unspecified atom stereocenters. The second-order valence-corrected chi connectivity index (χ2v) is 7.42. The second-order valence-electron chi connectivity index (χ2n) is 7.42. The molecule has 1 aliphatic heterocycles. The van der Waals surface area contributed by atoms with Crippen LogP contribution in [-0.2, 0) is 13.1 Å². The first-order chi connectivity index (χ1) is 13.2. The van der Waals surface area contributed by atoms with Crippen molar-refractivity contribution in [2.75, 3.05) is 26.7 Å². The van der Waals surface area contributed by atoms with E-state index in [1.165, 1.54) is 42.6 Å². The molecule has 0 aromatic heterocycles. The Kier molecular flexibility index (Phi) is 9.78. The molecule has 0 radical (unpaired) electrons. The first-order valence-corrected chi connectivity index (χ1v) is 10.0. The highest BCUT2D eigenvalue weighted by Crippen LogP contribution is 2.14. The number of halogens is 1. The highest BCUT2D eigenvalue weighted by Gasteiger charge is 2.11. The van der Waals surface area contributed by atoms with Crippen LogP contribution in [0.25, 0.3) is 0 Å². The summed E-state index contributed by atoms with van der Waals surface area (Å²) in [5.74, 6) is 1.29. The summed E-state index contributed by atoms with van der Waals surface area (Å²) in [6.45, 7) is 7.43. The Balaban J connectivity index is 0.00000280. The summed E-state index contributed by atoms with van der Waals surface area (Å²) >= 11 is 0. The summed E-state index contributed by atoms with van der Waals surface area (Å²) in [6.07, 6.45) is 2.69. The number of hydrogen-bond donors (Lipinski definition) is 2. The van der Waals surface area contributed by atoms with Gasteiger partial charge in [-0.2, -0.15) is 0 Å². The monoisotopic (exact) mass is 492 g/mol. The molecule has 1 fully saturated rings. The third kappa shape index (κ3) is 7.09. The zero-order valence-electron chi connectivity index (χ0n) is 17.0. The van der Waals surface area contributed by atoms with Gasteiger partial charge in [-0.3, -0.25) is 9.89 Å². The Bertz CT molecular complexity index is 709. The molecule has 0 saturated carbocycles. The molecule has 4 nitrogen and oxygen atoms in total. The van der Waals surface area contributed by atoms with Gasteiger partial charge in [-0.15, -0.1) is 24.0 Å². The van der Waals surface area contributed by atoms with Crippen LogP contribution in [0, 0.1) is 0 Å². The number of benzene rings is 2. The Morgan fingerprint density at radius 3 is 2.25 bits per heavy atom. The van der Waals surface area contributed by atoms with Crippen molar-refractivity contribution >= 4 is 29.9 Å².